The van der Waals surface area contributed by atoms with Gasteiger partial charge in [0, 0.05) is 12.6 Å². The molecule has 0 aromatic heterocycles. The Labute approximate surface area is 125 Å². The van der Waals surface area contributed by atoms with Crippen LogP contribution in [0.4, 0.5) is 4.79 Å². The molecule has 3 N–H and O–H groups in total. The molecule has 1 aromatic rings. The second kappa shape index (κ2) is 9.00. The van der Waals surface area contributed by atoms with Crippen LogP contribution in [0.2, 0.25) is 0 Å². The van der Waals surface area contributed by atoms with E-state index in [0.717, 1.165) is 12.8 Å². The molecule has 2 amide bonds. The quantitative estimate of drug-likeness (QED) is 0.688. The van der Waals surface area contributed by atoms with Crippen molar-refractivity contribution in [3.63, 3.8) is 0 Å². The van der Waals surface area contributed by atoms with Gasteiger partial charge in [-0.3, -0.25) is 4.79 Å². The minimum Gasteiger partial charge on any atom is -0.481 e. The van der Waals surface area contributed by atoms with Crippen LogP contribution in [-0.4, -0.2) is 29.7 Å². The molecule has 1 rings (SSSR count). The SMILES string of the molecule is CCC(CNC(=O)NC(C)CCc1ccccc1)C(=O)O. The highest BCUT2D eigenvalue weighted by atomic mass is 16.4. The van der Waals surface area contributed by atoms with Gasteiger partial charge < -0.3 is 15.7 Å². The fourth-order valence-corrected chi connectivity index (χ4v) is 2.00. The normalized spacial score (nSPS) is 13.2. The summed E-state index contributed by atoms with van der Waals surface area (Å²) in [5, 5.41) is 14.3. The molecule has 0 radical (unpaired) electrons. The van der Waals surface area contributed by atoms with Crippen LogP contribution in [0.1, 0.15) is 32.3 Å². The largest absolute Gasteiger partial charge is 0.481 e. The highest BCUT2D eigenvalue weighted by molar-refractivity contribution is 5.76. The van der Waals surface area contributed by atoms with Crippen LogP contribution in [0.25, 0.3) is 0 Å². The molecule has 5 nitrogen and oxygen atoms in total. The Morgan fingerprint density at radius 3 is 2.48 bits per heavy atom. The van der Waals surface area contributed by atoms with Gasteiger partial charge in [-0.25, -0.2) is 4.79 Å². The fourth-order valence-electron chi connectivity index (χ4n) is 2.00. The number of nitrogens with one attached hydrogen (secondary N) is 2. The van der Waals surface area contributed by atoms with Crippen LogP contribution in [-0.2, 0) is 11.2 Å². The average Bonchev–Trinajstić information content (AvgIpc) is 2.46. The number of urea groups is 1. The molecular formula is C16H24N2O3. The fraction of sp³-hybridized carbons (Fsp3) is 0.500. The zero-order valence-electron chi connectivity index (χ0n) is 12.6. The summed E-state index contributed by atoms with van der Waals surface area (Å²) in [4.78, 5) is 22.5. The van der Waals surface area contributed by atoms with Crippen LogP contribution in [0.5, 0.6) is 0 Å². The second-order valence-electron chi connectivity index (χ2n) is 5.22. The molecule has 2 unspecified atom stereocenters. The van der Waals surface area contributed by atoms with E-state index in [9.17, 15) is 9.59 Å². The van der Waals surface area contributed by atoms with E-state index in [1.54, 1.807) is 6.92 Å². The van der Waals surface area contributed by atoms with E-state index in [-0.39, 0.29) is 18.6 Å². The lowest BCUT2D eigenvalue weighted by atomic mass is 10.1. The molecule has 0 aliphatic carbocycles. The number of benzene rings is 1. The number of carbonyl (C=O) groups excluding carboxylic acids is 1. The van der Waals surface area contributed by atoms with Gasteiger partial charge in [-0.1, -0.05) is 37.3 Å². The molecule has 1 aromatic carbocycles. The van der Waals surface area contributed by atoms with E-state index in [0.29, 0.717) is 6.42 Å². The molecule has 116 valence electrons. The van der Waals surface area contributed by atoms with Gasteiger partial charge in [0.25, 0.3) is 0 Å². The lowest BCUT2D eigenvalue weighted by Crippen LogP contribution is -2.43. The van der Waals surface area contributed by atoms with E-state index in [4.69, 9.17) is 5.11 Å². The van der Waals surface area contributed by atoms with Crippen molar-refractivity contribution in [2.75, 3.05) is 6.54 Å². The van der Waals surface area contributed by atoms with Crippen molar-refractivity contribution >= 4 is 12.0 Å². The van der Waals surface area contributed by atoms with Gasteiger partial charge in [0.15, 0.2) is 0 Å². The minimum absolute atomic E-state index is 0.0371. The molecule has 0 aliphatic rings. The Kier molecular flexibility index (Phi) is 7.29. The highest BCUT2D eigenvalue weighted by Crippen LogP contribution is 2.05. The van der Waals surface area contributed by atoms with Gasteiger partial charge in [-0.05, 0) is 31.7 Å². The van der Waals surface area contributed by atoms with E-state index in [2.05, 4.69) is 22.8 Å². The number of carboxylic acid groups (broad SMARTS) is 1. The molecule has 2 atom stereocenters. The summed E-state index contributed by atoms with van der Waals surface area (Å²) in [7, 11) is 0. The van der Waals surface area contributed by atoms with E-state index < -0.39 is 11.9 Å². The summed E-state index contributed by atoms with van der Waals surface area (Å²) in [5.41, 5.74) is 1.24. The summed E-state index contributed by atoms with van der Waals surface area (Å²) in [5.74, 6) is -1.41. The molecule has 0 saturated heterocycles. The summed E-state index contributed by atoms with van der Waals surface area (Å²) < 4.78 is 0. The third-order valence-corrected chi connectivity index (χ3v) is 3.44. The Balaban J connectivity index is 2.26. The first-order valence-corrected chi connectivity index (χ1v) is 7.34. The first-order chi connectivity index (χ1) is 10.0. The monoisotopic (exact) mass is 292 g/mol. The van der Waals surface area contributed by atoms with Gasteiger partial charge >= 0.3 is 12.0 Å². The number of aliphatic carboxylic acids is 1. The highest BCUT2D eigenvalue weighted by Gasteiger charge is 2.16. The number of aryl methyl sites for hydroxylation is 1. The summed E-state index contributed by atoms with van der Waals surface area (Å²) in [6.07, 6.45) is 2.24. The maximum absolute atomic E-state index is 11.7. The van der Waals surface area contributed by atoms with E-state index in [1.807, 2.05) is 25.1 Å². The van der Waals surface area contributed by atoms with E-state index >= 15 is 0 Å². The molecule has 5 heteroatoms. The maximum atomic E-state index is 11.7. The smallest absolute Gasteiger partial charge is 0.315 e. The van der Waals surface area contributed by atoms with Gasteiger partial charge in [-0.15, -0.1) is 0 Å². The van der Waals surface area contributed by atoms with Crippen LogP contribution < -0.4 is 10.6 Å². The standard InChI is InChI=1S/C16H24N2O3/c1-3-14(15(19)20)11-17-16(21)18-12(2)9-10-13-7-5-4-6-8-13/h4-8,12,14H,3,9-11H2,1-2H3,(H,19,20)(H2,17,18,21). The summed E-state index contributed by atoms with van der Waals surface area (Å²) in [6.45, 7) is 3.89. The van der Waals surface area contributed by atoms with Gasteiger partial charge in [0.1, 0.15) is 0 Å². The first-order valence-electron chi connectivity index (χ1n) is 7.34. The van der Waals surface area contributed by atoms with Crippen molar-refractivity contribution in [1.82, 2.24) is 10.6 Å². The number of rotatable bonds is 8. The number of hydrogen-bond acceptors (Lipinski definition) is 2. The Morgan fingerprint density at radius 1 is 1.24 bits per heavy atom. The van der Waals surface area contributed by atoms with Crippen molar-refractivity contribution in [1.29, 1.82) is 0 Å². The topological polar surface area (TPSA) is 78.4 Å². The number of carbonyl (C=O) groups is 2. The molecule has 0 bridgehead atoms. The van der Waals surface area contributed by atoms with Crippen LogP contribution in [0.3, 0.4) is 0 Å². The molecule has 0 spiro atoms. The predicted octanol–water partition coefficient (Wildman–Crippen LogP) is 2.42. The Bertz CT molecular complexity index is 448. The van der Waals surface area contributed by atoms with Gasteiger partial charge in [-0.2, -0.15) is 0 Å². The third kappa shape index (κ3) is 6.79. The summed E-state index contributed by atoms with van der Waals surface area (Å²) in [6, 6.07) is 9.82. The molecular weight excluding hydrogens is 268 g/mol. The molecule has 0 heterocycles. The molecule has 21 heavy (non-hydrogen) atoms. The van der Waals surface area contributed by atoms with Crippen LogP contribution >= 0.6 is 0 Å². The number of hydrogen-bond donors (Lipinski definition) is 3. The molecule has 0 fully saturated rings. The lowest BCUT2D eigenvalue weighted by molar-refractivity contribution is -0.141. The van der Waals surface area contributed by atoms with Crippen molar-refractivity contribution < 1.29 is 14.7 Å². The Morgan fingerprint density at radius 2 is 1.90 bits per heavy atom. The van der Waals surface area contributed by atoms with Crippen LogP contribution in [0, 0.1) is 5.92 Å². The molecule has 0 saturated carbocycles. The van der Waals surface area contributed by atoms with Crippen molar-refractivity contribution in [3.05, 3.63) is 35.9 Å². The maximum Gasteiger partial charge on any atom is 0.315 e. The number of carboxylic acids is 1. The average molecular weight is 292 g/mol. The van der Waals surface area contributed by atoms with Gasteiger partial charge in [0.2, 0.25) is 0 Å². The number of amides is 2. The summed E-state index contributed by atoms with van der Waals surface area (Å²) >= 11 is 0. The van der Waals surface area contributed by atoms with Gasteiger partial charge in [0.05, 0.1) is 5.92 Å². The minimum atomic E-state index is -0.880. The molecule has 0 aliphatic heterocycles. The predicted molar refractivity (Wildman–Crippen MR) is 82.2 cm³/mol. The second-order valence-corrected chi connectivity index (χ2v) is 5.22. The van der Waals surface area contributed by atoms with Crippen LogP contribution in [0.15, 0.2) is 30.3 Å². The zero-order chi connectivity index (χ0) is 15.7. The van der Waals surface area contributed by atoms with Crippen molar-refractivity contribution in [3.8, 4) is 0 Å². The van der Waals surface area contributed by atoms with Crippen molar-refractivity contribution in [2.24, 2.45) is 5.92 Å². The zero-order valence-corrected chi connectivity index (χ0v) is 12.6. The Hall–Kier alpha value is -2.04. The lowest BCUT2D eigenvalue weighted by Gasteiger charge is -2.16. The third-order valence-electron chi connectivity index (χ3n) is 3.44. The van der Waals surface area contributed by atoms with Crippen molar-refractivity contribution in [2.45, 2.75) is 39.2 Å². The first kappa shape index (κ1) is 17.0. The van der Waals surface area contributed by atoms with E-state index in [1.165, 1.54) is 5.56 Å².